The highest BCUT2D eigenvalue weighted by Crippen LogP contribution is 2.49. The van der Waals surface area contributed by atoms with E-state index in [4.69, 9.17) is 6.42 Å². The van der Waals surface area contributed by atoms with Gasteiger partial charge in [0.1, 0.15) is 0 Å². The predicted octanol–water partition coefficient (Wildman–Crippen LogP) is 1.57. The summed E-state index contributed by atoms with van der Waals surface area (Å²) in [6.07, 6.45) is 8.05. The van der Waals surface area contributed by atoms with Crippen molar-refractivity contribution in [1.29, 1.82) is 0 Å². The summed E-state index contributed by atoms with van der Waals surface area (Å²) in [6, 6.07) is 0. The molecule has 0 aromatic rings. The molecule has 1 aliphatic rings. The molecule has 0 spiro atoms. The molecule has 0 aromatic heterocycles. The van der Waals surface area contributed by atoms with Gasteiger partial charge in [0, 0.05) is 18.7 Å². The molecule has 0 atom stereocenters. The first kappa shape index (κ1) is 12.8. The lowest BCUT2D eigenvalue weighted by Gasteiger charge is -2.11. The van der Waals surface area contributed by atoms with Gasteiger partial charge in [-0.3, -0.25) is 4.79 Å². The normalized spacial score (nSPS) is 16.8. The molecule has 15 heavy (non-hydrogen) atoms. The van der Waals surface area contributed by atoms with Crippen LogP contribution in [0.1, 0.15) is 19.3 Å². The molecular formula is C11H17NOS2. The van der Waals surface area contributed by atoms with Crippen molar-refractivity contribution in [1.82, 2.24) is 5.32 Å². The second-order valence-electron chi connectivity index (χ2n) is 3.94. The fourth-order valence-corrected chi connectivity index (χ4v) is 2.30. The summed E-state index contributed by atoms with van der Waals surface area (Å²) in [5.41, 5.74) is 0.221. The lowest BCUT2D eigenvalue weighted by atomic mass is 10.1. The molecule has 84 valence electrons. The molecule has 0 aliphatic heterocycles. The van der Waals surface area contributed by atoms with E-state index in [1.807, 2.05) is 0 Å². The Morgan fingerprint density at radius 1 is 1.60 bits per heavy atom. The first-order chi connectivity index (χ1) is 7.22. The maximum atomic E-state index is 11.5. The Morgan fingerprint density at radius 2 is 2.33 bits per heavy atom. The molecule has 4 heteroatoms. The van der Waals surface area contributed by atoms with Crippen LogP contribution < -0.4 is 5.32 Å². The van der Waals surface area contributed by atoms with Crippen molar-refractivity contribution in [3.8, 4) is 12.3 Å². The van der Waals surface area contributed by atoms with Crippen LogP contribution in [0.25, 0.3) is 0 Å². The molecule has 1 aliphatic carbocycles. The third-order valence-electron chi connectivity index (χ3n) is 2.58. The van der Waals surface area contributed by atoms with Crippen molar-refractivity contribution in [2.45, 2.75) is 19.3 Å². The quantitative estimate of drug-likeness (QED) is 0.404. The summed E-state index contributed by atoms with van der Waals surface area (Å²) in [5, 5.41) is 2.91. The number of hydrogen-bond acceptors (Lipinski definition) is 3. The van der Waals surface area contributed by atoms with Crippen LogP contribution in [0.4, 0.5) is 0 Å². The Hall–Kier alpha value is -0.270. The van der Waals surface area contributed by atoms with Gasteiger partial charge >= 0.3 is 0 Å². The maximum Gasteiger partial charge on any atom is 0.220 e. The van der Waals surface area contributed by atoms with Gasteiger partial charge in [-0.15, -0.1) is 18.2 Å². The third kappa shape index (κ3) is 4.85. The average molecular weight is 243 g/mol. The number of carbonyl (C=O) groups is 1. The van der Waals surface area contributed by atoms with Crippen molar-refractivity contribution in [2.75, 3.05) is 23.8 Å². The van der Waals surface area contributed by atoms with Crippen molar-refractivity contribution in [2.24, 2.45) is 5.41 Å². The first-order valence-electron chi connectivity index (χ1n) is 5.11. The van der Waals surface area contributed by atoms with Gasteiger partial charge in [-0.25, -0.2) is 0 Å². The highest BCUT2D eigenvalue weighted by atomic mass is 32.2. The standard InChI is InChI=1S/C11H17NOS2/c1-2-6-15-7-5-12-10(13)8-11(9-14)3-4-11/h1,14H,3-9H2,(H,12,13). The average Bonchev–Trinajstić information content (AvgIpc) is 2.98. The summed E-state index contributed by atoms with van der Waals surface area (Å²) in [6.45, 7) is 0.716. The number of thiol groups is 1. The molecule has 0 radical (unpaired) electrons. The zero-order chi connectivity index (χ0) is 11.1. The SMILES string of the molecule is C#CCSCCNC(=O)CC1(CS)CC1. The van der Waals surface area contributed by atoms with Gasteiger partial charge in [0.25, 0.3) is 0 Å². The smallest absolute Gasteiger partial charge is 0.220 e. The van der Waals surface area contributed by atoms with Crippen molar-refractivity contribution in [3.05, 3.63) is 0 Å². The Balaban J connectivity index is 2.02. The molecule has 1 rings (SSSR count). The van der Waals surface area contributed by atoms with Crippen LogP contribution in [0, 0.1) is 17.8 Å². The topological polar surface area (TPSA) is 29.1 Å². The maximum absolute atomic E-state index is 11.5. The molecular weight excluding hydrogens is 226 g/mol. The van der Waals surface area contributed by atoms with Gasteiger partial charge in [-0.2, -0.15) is 12.6 Å². The Morgan fingerprint density at radius 3 is 2.87 bits per heavy atom. The molecule has 0 aromatic carbocycles. The zero-order valence-electron chi connectivity index (χ0n) is 8.79. The number of amides is 1. The largest absolute Gasteiger partial charge is 0.355 e. The van der Waals surface area contributed by atoms with Crippen LogP contribution >= 0.6 is 24.4 Å². The molecule has 0 saturated heterocycles. The molecule has 0 heterocycles. The minimum atomic E-state index is 0.155. The zero-order valence-corrected chi connectivity index (χ0v) is 10.5. The van der Waals surface area contributed by atoms with Gasteiger partial charge < -0.3 is 5.32 Å². The van der Waals surface area contributed by atoms with Crippen molar-refractivity contribution in [3.63, 3.8) is 0 Å². The third-order valence-corrected chi connectivity index (χ3v) is 4.12. The van der Waals surface area contributed by atoms with Crippen LogP contribution in [-0.2, 0) is 4.79 Å². The molecule has 0 bridgehead atoms. The Kier molecular flexibility index (Phi) is 5.41. The van der Waals surface area contributed by atoms with Gasteiger partial charge in [0.2, 0.25) is 5.91 Å². The van der Waals surface area contributed by atoms with Crippen molar-refractivity contribution < 1.29 is 4.79 Å². The predicted molar refractivity (Wildman–Crippen MR) is 69.3 cm³/mol. The number of rotatable bonds is 7. The van der Waals surface area contributed by atoms with Gasteiger partial charge in [-0.05, 0) is 24.0 Å². The van der Waals surface area contributed by atoms with E-state index in [1.165, 1.54) is 0 Å². The monoisotopic (exact) mass is 243 g/mol. The van der Waals surface area contributed by atoms with E-state index in [0.29, 0.717) is 13.0 Å². The highest BCUT2D eigenvalue weighted by molar-refractivity contribution is 7.99. The number of terminal acetylenes is 1. The van der Waals surface area contributed by atoms with Gasteiger partial charge in [0.15, 0.2) is 0 Å². The van der Waals surface area contributed by atoms with E-state index in [1.54, 1.807) is 11.8 Å². The van der Waals surface area contributed by atoms with Crippen LogP contribution in [0.5, 0.6) is 0 Å². The van der Waals surface area contributed by atoms with E-state index in [0.717, 1.165) is 30.1 Å². The highest BCUT2D eigenvalue weighted by Gasteiger charge is 2.42. The minimum Gasteiger partial charge on any atom is -0.355 e. The van der Waals surface area contributed by atoms with E-state index in [2.05, 4.69) is 23.9 Å². The number of thioether (sulfide) groups is 1. The lowest BCUT2D eigenvalue weighted by molar-refractivity contribution is -0.121. The van der Waals surface area contributed by atoms with Crippen LogP contribution in [0.15, 0.2) is 0 Å². The Bertz CT molecular complexity index is 256. The summed E-state index contributed by atoms with van der Waals surface area (Å²) < 4.78 is 0. The number of carbonyl (C=O) groups excluding carboxylic acids is 1. The second kappa shape index (κ2) is 6.34. The minimum absolute atomic E-state index is 0.155. The number of nitrogens with one attached hydrogen (secondary N) is 1. The van der Waals surface area contributed by atoms with Crippen molar-refractivity contribution >= 4 is 30.3 Å². The summed E-state index contributed by atoms with van der Waals surface area (Å²) in [7, 11) is 0. The fraction of sp³-hybridized carbons (Fsp3) is 0.727. The first-order valence-corrected chi connectivity index (χ1v) is 6.90. The van der Waals surface area contributed by atoms with E-state index in [-0.39, 0.29) is 11.3 Å². The lowest BCUT2D eigenvalue weighted by Crippen LogP contribution is -2.28. The van der Waals surface area contributed by atoms with Gasteiger partial charge in [0.05, 0.1) is 5.75 Å². The van der Waals surface area contributed by atoms with Crippen LogP contribution in [0.2, 0.25) is 0 Å². The molecule has 1 fully saturated rings. The summed E-state index contributed by atoms with van der Waals surface area (Å²) in [4.78, 5) is 11.5. The molecule has 1 saturated carbocycles. The fourth-order valence-electron chi connectivity index (χ4n) is 1.36. The Labute approximate surface area is 101 Å². The van der Waals surface area contributed by atoms with Crippen LogP contribution in [-0.4, -0.2) is 29.7 Å². The number of hydrogen-bond donors (Lipinski definition) is 2. The summed E-state index contributed by atoms with van der Waals surface area (Å²) in [5.74, 6) is 5.15. The molecule has 2 nitrogen and oxygen atoms in total. The van der Waals surface area contributed by atoms with Gasteiger partial charge in [-0.1, -0.05) is 5.92 Å². The molecule has 1 N–H and O–H groups in total. The van der Waals surface area contributed by atoms with E-state index < -0.39 is 0 Å². The van der Waals surface area contributed by atoms with E-state index in [9.17, 15) is 4.79 Å². The summed E-state index contributed by atoms with van der Waals surface area (Å²) >= 11 is 5.94. The molecule has 1 amide bonds. The molecule has 0 unspecified atom stereocenters. The second-order valence-corrected chi connectivity index (χ2v) is 5.36. The van der Waals surface area contributed by atoms with E-state index >= 15 is 0 Å². The van der Waals surface area contributed by atoms with Crippen LogP contribution in [0.3, 0.4) is 0 Å².